The van der Waals surface area contributed by atoms with Gasteiger partial charge in [0.2, 0.25) is 15.9 Å². The number of amides is 1. The van der Waals surface area contributed by atoms with E-state index < -0.39 is 38.3 Å². The first-order chi connectivity index (χ1) is 19.6. The molecular weight excluding hydrogens is 577 g/mol. The summed E-state index contributed by atoms with van der Waals surface area (Å²) in [4.78, 5) is 13.0. The van der Waals surface area contributed by atoms with Gasteiger partial charge in [-0.05, 0) is 73.7 Å². The highest BCUT2D eigenvalue weighted by atomic mass is 32.2. The standard InChI is InChI=1S/C27H30FN3O8S2/c1-3-39-22-8-6-21(7-9-22)31(41(35,36)23-10-4-20(28)5-11-23)19-27(32)29-25-18-24(12-13-26(25)37-2)40(33,34)30-14-16-38-17-15-30/h4-13,18H,3,14-17,19H2,1-2H3,(H,29,32). The Labute approximate surface area is 238 Å². The lowest BCUT2D eigenvalue weighted by molar-refractivity contribution is -0.114. The van der Waals surface area contributed by atoms with Crippen LogP contribution in [-0.2, 0) is 29.6 Å². The summed E-state index contributed by atoms with van der Waals surface area (Å²) in [6, 6.07) is 14.3. The van der Waals surface area contributed by atoms with E-state index in [0.29, 0.717) is 12.4 Å². The molecule has 3 aromatic rings. The molecular formula is C27H30FN3O8S2. The molecule has 0 radical (unpaired) electrons. The zero-order valence-corrected chi connectivity index (χ0v) is 24.1. The number of halogens is 1. The average Bonchev–Trinajstić information content (AvgIpc) is 2.97. The molecule has 0 bridgehead atoms. The third kappa shape index (κ3) is 6.96. The van der Waals surface area contributed by atoms with Gasteiger partial charge in [0, 0.05) is 13.1 Å². The van der Waals surface area contributed by atoms with Crippen LogP contribution < -0.4 is 19.1 Å². The second-order valence-corrected chi connectivity index (χ2v) is 12.6. The highest BCUT2D eigenvalue weighted by Crippen LogP contribution is 2.30. The first-order valence-electron chi connectivity index (χ1n) is 12.6. The van der Waals surface area contributed by atoms with Crippen LogP contribution >= 0.6 is 0 Å². The molecule has 11 nitrogen and oxygen atoms in total. The van der Waals surface area contributed by atoms with E-state index in [-0.39, 0.29) is 53.2 Å². The highest BCUT2D eigenvalue weighted by Gasteiger charge is 2.30. The molecule has 0 saturated carbocycles. The predicted octanol–water partition coefficient (Wildman–Crippen LogP) is 3.09. The maximum atomic E-state index is 13.6. The van der Waals surface area contributed by atoms with Crippen molar-refractivity contribution in [1.82, 2.24) is 4.31 Å². The summed E-state index contributed by atoms with van der Waals surface area (Å²) in [7, 11) is -6.86. The number of morpholine rings is 1. The first-order valence-corrected chi connectivity index (χ1v) is 15.5. The Morgan fingerprint density at radius 1 is 0.976 bits per heavy atom. The van der Waals surface area contributed by atoms with Crippen LogP contribution in [0.3, 0.4) is 0 Å². The van der Waals surface area contributed by atoms with Crippen molar-refractivity contribution < 1.29 is 40.2 Å². The molecule has 1 aliphatic heterocycles. The van der Waals surface area contributed by atoms with Crippen LogP contribution in [0, 0.1) is 5.82 Å². The monoisotopic (exact) mass is 607 g/mol. The molecule has 1 aliphatic rings. The van der Waals surface area contributed by atoms with Crippen LogP contribution in [0.5, 0.6) is 11.5 Å². The lowest BCUT2D eigenvalue weighted by Crippen LogP contribution is -2.40. The number of methoxy groups -OCH3 is 1. The molecule has 1 heterocycles. The smallest absolute Gasteiger partial charge is 0.264 e. The van der Waals surface area contributed by atoms with Crippen molar-refractivity contribution in [2.75, 3.05) is 56.2 Å². The summed E-state index contributed by atoms with van der Waals surface area (Å²) in [5.41, 5.74) is 0.196. The Morgan fingerprint density at radius 2 is 1.61 bits per heavy atom. The molecule has 0 atom stereocenters. The van der Waals surface area contributed by atoms with Gasteiger partial charge >= 0.3 is 0 Å². The second kappa shape index (κ2) is 12.9. The number of nitrogens with zero attached hydrogens (tertiary/aromatic N) is 2. The Kier molecular flexibility index (Phi) is 9.48. The number of hydrogen-bond acceptors (Lipinski definition) is 8. The van der Waals surface area contributed by atoms with Gasteiger partial charge in [0.15, 0.2) is 0 Å². The molecule has 1 saturated heterocycles. The summed E-state index contributed by atoms with van der Waals surface area (Å²) in [6.45, 7) is 2.44. The minimum absolute atomic E-state index is 0.0395. The molecule has 3 aromatic carbocycles. The van der Waals surface area contributed by atoms with E-state index in [2.05, 4.69) is 5.32 Å². The number of carbonyl (C=O) groups is 1. The van der Waals surface area contributed by atoms with Gasteiger partial charge in [-0.1, -0.05) is 0 Å². The van der Waals surface area contributed by atoms with Crippen molar-refractivity contribution in [1.29, 1.82) is 0 Å². The fraction of sp³-hybridized carbons (Fsp3) is 0.296. The second-order valence-electron chi connectivity index (χ2n) is 8.82. The fourth-order valence-corrected chi connectivity index (χ4v) is 6.98. The topological polar surface area (TPSA) is 132 Å². The third-order valence-electron chi connectivity index (χ3n) is 6.18. The van der Waals surface area contributed by atoms with Crippen molar-refractivity contribution in [2.24, 2.45) is 0 Å². The van der Waals surface area contributed by atoms with E-state index in [0.717, 1.165) is 28.6 Å². The quantitative estimate of drug-likeness (QED) is 0.352. The van der Waals surface area contributed by atoms with Gasteiger partial charge in [-0.2, -0.15) is 4.31 Å². The summed E-state index contributed by atoms with van der Waals surface area (Å²) in [5.74, 6) is -0.715. The number of carbonyl (C=O) groups excluding carboxylic acids is 1. The number of rotatable bonds is 11. The van der Waals surface area contributed by atoms with E-state index in [1.165, 1.54) is 41.7 Å². The summed E-state index contributed by atoms with van der Waals surface area (Å²) in [6.07, 6.45) is 0. The van der Waals surface area contributed by atoms with Crippen molar-refractivity contribution >= 4 is 37.3 Å². The minimum atomic E-state index is -4.33. The number of nitrogens with one attached hydrogen (secondary N) is 1. The molecule has 0 aliphatic carbocycles. The van der Waals surface area contributed by atoms with E-state index in [1.807, 2.05) is 0 Å². The van der Waals surface area contributed by atoms with Crippen molar-refractivity contribution in [2.45, 2.75) is 16.7 Å². The summed E-state index contributed by atoms with van der Waals surface area (Å²) < 4.78 is 85.2. The SMILES string of the molecule is CCOc1ccc(N(CC(=O)Nc2cc(S(=O)(=O)N3CCOCC3)ccc2OC)S(=O)(=O)c2ccc(F)cc2)cc1. The molecule has 14 heteroatoms. The van der Waals surface area contributed by atoms with E-state index in [9.17, 15) is 26.0 Å². The average molecular weight is 608 g/mol. The Bertz CT molecular complexity index is 1580. The van der Waals surface area contributed by atoms with Gasteiger partial charge in [0.05, 0.1) is 48.1 Å². The molecule has 220 valence electrons. The van der Waals surface area contributed by atoms with Gasteiger partial charge in [-0.3, -0.25) is 9.10 Å². The minimum Gasteiger partial charge on any atom is -0.495 e. The number of ether oxygens (including phenoxy) is 3. The highest BCUT2D eigenvalue weighted by molar-refractivity contribution is 7.92. The predicted molar refractivity (Wildman–Crippen MR) is 150 cm³/mol. The summed E-state index contributed by atoms with van der Waals surface area (Å²) >= 11 is 0. The Morgan fingerprint density at radius 3 is 2.22 bits per heavy atom. The van der Waals surface area contributed by atoms with Crippen LogP contribution in [0.1, 0.15) is 6.92 Å². The van der Waals surface area contributed by atoms with Crippen molar-refractivity contribution in [3.05, 3.63) is 72.5 Å². The van der Waals surface area contributed by atoms with E-state index in [4.69, 9.17) is 14.2 Å². The normalized spacial score (nSPS) is 14.3. The number of benzene rings is 3. The number of hydrogen-bond donors (Lipinski definition) is 1. The van der Waals surface area contributed by atoms with Crippen molar-refractivity contribution in [3.8, 4) is 11.5 Å². The molecule has 0 unspecified atom stereocenters. The largest absolute Gasteiger partial charge is 0.495 e. The summed E-state index contributed by atoms with van der Waals surface area (Å²) in [5, 5.41) is 2.58. The van der Waals surface area contributed by atoms with Crippen LogP contribution in [0.2, 0.25) is 0 Å². The zero-order valence-electron chi connectivity index (χ0n) is 22.4. The Hall–Kier alpha value is -3.72. The van der Waals surface area contributed by atoms with Crippen LogP contribution in [0.15, 0.2) is 76.5 Å². The first kappa shape index (κ1) is 30.2. The maximum Gasteiger partial charge on any atom is 0.264 e. The van der Waals surface area contributed by atoms with E-state index in [1.54, 1.807) is 19.1 Å². The van der Waals surface area contributed by atoms with Gasteiger partial charge in [-0.15, -0.1) is 0 Å². The van der Waals surface area contributed by atoms with Crippen molar-refractivity contribution in [3.63, 3.8) is 0 Å². The maximum absolute atomic E-state index is 13.6. The number of anilines is 2. The Balaban J connectivity index is 1.65. The molecule has 1 amide bonds. The third-order valence-corrected chi connectivity index (χ3v) is 9.86. The van der Waals surface area contributed by atoms with Crippen LogP contribution in [0.25, 0.3) is 0 Å². The molecule has 0 aromatic heterocycles. The lowest BCUT2D eigenvalue weighted by Gasteiger charge is -2.26. The number of sulfonamides is 2. The van der Waals surface area contributed by atoms with Crippen LogP contribution in [0.4, 0.5) is 15.8 Å². The van der Waals surface area contributed by atoms with E-state index >= 15 is 0 Å². The lowest BCUT2D eigenvalue weighted by atomic mass is 10.2. The molecule has 1 fully saturated rings. The molecule has 41 heavy (non-hydrogen) atoms. The van der Waals surface area contributed by atoms with Gasteiger partial charge in [0.25, 0.3) is 10.0 Å². The van der Waals surface area contributed by atoms with Gasteiger partial charge in [-0.25, -0.2) is 21.2 Å². The van der Waals surface area contributed by atoms with Gasteiger partial charge < -0.3 is 19.5 Å². The molecule has 0 spiro atoms. The molecule has 1 N–H and O–H groups in total. The zero-order chi connectivity index (χ0) is 29.6. The van der Waals surface area contributed by atoms with Crippen LogP contribution in [-0.4, -0.2) is 73.6 Å². The molecule has 4 rings (SSSR count). The van der Waals surface area contributed by atoms with Gasteiger partial charge in [0.1, 0.15) is 23.9 Å². The fourth-order valence-electron chi connectivity index (χ4n) is 4.13.